The molecule has 0 unspecified atom stereocenters. The molecule has 0 aliphatic heterocycles. The average Bonchev–Trinajstić information content (AvgIpc) is 2.72. The lowest BCUT2D eigenvalue weighted by Gasteiger charge is -2.15. The van der Waals surface area contributed by atoms with Crippen molar-refractivity contribution in [2.45, 2.75) is 6.42 Å². The van der Waals surface area contributed by atoms with E-state index < -0.39 is 0 Å². The zero-order chi connectivity index (χ0) is 11.5. The SMILES string of the molecule is CN(C(=O)CCN)c1csc2ccccc12. The molecule has 84 valence electrons. The number of benzene rings is 1. The average molecular weight is 234 g/mol. The molecule has 0 aliphatic carbocycles. The first-order chi connectivity index (χ1) is 7.74. The molecule has 4 heteroatoms. The third-order valence-corrected chi connectivity index (χ3v) is 3.51. The summed E-state index contributed by atoms with van der Waals surface area (Å²) < 4.78 is 1.20. The van der Waals surface area contributed by atoms with Gasteiger partial charge < -0.3 is 10.6 Å². The number of carbonyl (C=O) groups excluding carboxylic acids is 1. The van der Waals surface area contributed by atoms with Crippen LogP contribution < -0.4 is 10.6 Å². The predicted molar refractivity (Wildman–Crippen MR) is 68.9 cm³/mol. The minimum absolute atomic E-state index is 0.0612. The van der Waals surface area contributed by atoms with E-state index in [1.165, 1.54) is 4.70 Å². The van der Waals surface area contributed by atoms with Crippen LogP contribution in [0.15, 0.2) is 29.6 Å². The Kier molecular flexibility index (Phi) is 3.22. The van der Waals surface area contributed by atoms with Crippen molar-refractivity contribution in [3.8, 4) is 0 Å². The highest BCUT2D eigenvalue weighted by molar-refractivity contribution is 7.17. The quantitative estimate of drug-likeness (QED) is 0.885. The van der Waals surface area contributed by atoms with Crippen LogP contribution in [-0.2, 0) is 4.79 Å². The summed E-state index contributed by atoms with van der Waals surface area (Å²) in [6, 6.07) is 8.09. The number of nitrogens with two attached hydrogens (primary N) is 1. The molecule has 16 heavy (non-hydrogen) atoms. The summed E-state index contributed by atoms with van der Waals surface area (Å²) in [6.07, 6.45) is 0.390. The van der Waals surface area contributed by atoms with Crippen molar-refractivity contribution in [3.63, 3.8) is 0 Å². The van der Waals surface area contributed by atoms with Gasteiger partial charge in [0.1, 0.15) is 0 Å². The second-order valence-electron chi connectivity index (χ2n) is 3.61. The zero-order valence-electron chi connectivity index (χ0n) is 9.14. The van der Waals surface area contributed by atoms with Crippen molar-refractivity contribution in [1.29, 1.82) is 0 Å². The van der Waals surface area contributed by atoms with Gasteiger partial charge >= 0.3 is 0 Å². The molecular formula is C12H14N2OS. The van der Waals surface area contributed by atoms with E-state index in [0.29, 0.717) is 13.0 Å². The fraction of sp³-hybridized carbons (Fsp3) is 0.250. The molecular weight excluding hydrogens is 220 g/mol. The summed E-state index contributed by atoms with van der Waals surface area (Å²) in [7, 11) is 1.80. The maximum absolute atomic E-state index is 11.7. The summed E-state index contributed by atoms with van der Waals surface area (Å²) in [5.74, 6) is 0.0612. The van der Waals surface area contributed by atoms with Gasteiger partial charge in [-0.2, -0.15) is 0 Å². The smallest absolute Gasteiger partial charge is 0.228 e. The molecule has 1 heterocycles. The summed E-state index contributed by atoms with van der Waals surface area (Å²) in [5.41, 5.74) is 6.36. The van der Waals surface area contributed by atoms with Gasteiger partial charge in [-0.15, -0.1) is 11.3 Å². The lowest BCUT2D eigenvalue weighted by molar-refractivity contribution is -0.118. The summed E-state index contributed by atoms with van der Waals surface area (Å²) >= 11 is 1.65. The van der Waals surface area contributed by atoms with Gasteiger partial charge in [0.15, 0.2) is 0 Å². The molecule has 3 nitrogen and oxygen atoms in total. The number of amides is 1. The van der Waals surface area contributed by atoms with Crippen LogP contribution in [0.25, 0.3) is 10.1 Å². The van der Waals surface area contributed by atoms with Gasteiger partial charge in [0.05, 0.1) is 5.69 Å². The Labute approximate surface area is 98.5 Å². The Morgan fingerprint density at radius 3 is 2.94 bits per heavy atom. The van der Waals surface area contributed by atoms with Gasteiger partial charge in [0.2, 0.25) is 5.91 Å². The highest BCUT2D eigenvalue weighted by Crippen LogP contribution is 2.32. The molecule has 2 rings (SSSR count). The van der Waals surface area contributed by atoms with Crippen molar-refractivity contribution < 1.29 is 4.79 Å². The second-order valence-corrected chi connectivity index (χ2v) is 4.52. The monoisotopic (exact) mass is 234 g/mol. The fourth-order valence-electron chi connectivity index (χ4n) is 1.65. The van der Waals surface area contributed by atoms with E-state index in [1.54, 1.807) is 23.3 Å². The van der Waals surface area contributed by atoms with Gasteiger partial charge in [0.25, 0.3) is 0 Å². The Balaban J connectivity index is 2.36. The molecule has 0 aliphatic rings. The normalized spacial score (nSPS) is 10.6. The molecule has 0 atom stereocenters. The van der Waals surface area contributed by atoms with E-state index in [1.807, 2.05) is 23.6 Å². The molecule has 0 fully saturated rings. The molecule has 0 radical (unpaired) electrons. The highest BCUT2D eigenvalue weighted by atomic mass is 32.1. The first-order valence-electron chi connectivity index (χ1n) is 5.17. The topological polar surface area (TPSA) is 46.3 Å². The number of fused-ring (bicyclic) bond motifs is 1. The number of thiophene rings is 1. The van der Waals surface area contributed by atoms with Gasteiger partial charge in [-0.25, -0.2) is 0 Å². The Morgan fingerprint density at radius 1 is 1.44 bits per heavy atom. The molecule has 0 bridgehead atoms. The van der Waals surface area contributed by atoms with E-state index in [9.17, 15) is 4.79 Å². The summed E-state index contributed by atoms with van der Waals surface area (Å²) in [5, 5.41) is 3.14. The van der Waals surface area contributed by atoms with E-state index in [-0.39, 0.29) is 5.91 Å². The van der Waals surface area contributed by atoms with Crippen molar-refractivity contribution in [3.05, 3.63) is 29.6 Å². The van der Waals surface area contributed by atoms with Gasteiger partial charge in [-0.1, -0.05) is 18.2 Å². The van der Waals surface area contributed by atoms with Crippen LogP contribution in [0, 0.1) is 0 Å². The van der Waals surface area contributed by atoms with E-state index in [4.69, 9.17) is 5.73 Å². The number of hydrogen-bond acceptors (Lipinski definition) is 3. The lowest BCUT2D eigenvalue weighted by Crippen LogP contribution is -2.27. The largest absolute Gasteiger partial charge is 0.330 e. The van der Waals surface area contributed by atoms with Crippen LogP contribution in [0.5, 0.6) is 0 Å². The van der Waals surface area contributed by atoms with Gasteiger partial charge in [-0.05, 0) is 6.07 Å². The van der Waals surface area contributed by atoms with Crippen molar-refractivity contribution in [2.24, 2.45) is 5.73 Å². The molecule has 0 saturated heterocycles. The number of rotatable bonds is 3. The molecule has 1 aromatic carbocycles. The summed E-state index contributed by atoms with van der Waals surface area (Å²) in [4.78, 5) is 13.4. The van der Waals surface area contributed by atoms with Gasteiger partial charge in [-0.3, -0.25) is 4.79 Å². The van der Waals surface area contributed by atoms with Crippen LogP contribution in [0.2, 0.25) is 0 Å². The van der Waals surface area contributed by atoms with Crippen LogP contribution in [-0.4, -0.2) is 19.5 Å². The number of anilines is 1. The van der Waals surface area contributed by atoms with Crippen LogP contribution in [0.3, 0.4) is 0 Å². The minimum Gasteiger partial charge on any atom is -0.330 e. The lowest BCUT2D eigenvalue weighted by atomic mass is 10.2. The molecule has 1 aromatic heterocycles. The molecule has 0 spiro atoms. The molecule has 2 aromatic rings. The van der Waals surface area contributed by atoms with Crippen LogP contribution >= 0.6 is 11.3 Å². The van der Waals surface area contributed by atoms with E-state index >= 15 is 0 Å². The van der Waals surface area contributed by atoms with Crippen LogP contribution in [0.1, 0.15) is 6.42 Å². The highest BCUT2D eigenvalue weighted by Gasteiger charge is 2.13. The van der Waals surface area contributed by atoms with E-state index in [0.717, 1.165) is 11.1 Å². The van der Waals surface area contributed by atoms with Gasteiger partial charge in [0, 0.05) is 35.5 Å². The Morgan fingerprint density at radius 2 is 2.19 bits per heavy atom. The van der Waals surface area contributed by atoms with Crippen LogP contribution in [0.4, 0.5) is 5.69 Å². The Hall–Kier alpha value is -1.39. The third-order valence-electron chi connectivity index (χ3n) is 2.55. The first-order valence-corrected chi connectivity index (χ1v) is 6.05. The maximum Gasteiger partial charge on any atom is 0.228 e. The first kappa shape index (κ1) is 11.1. The standard InChI is InChI=1S/C12H14N2OS/c1-14(12(15)6-7-13)10-8-16-11-5-3-2-4-9(10)11/h2-5,8H,6-7,13H2,1H3. The van der Waals surface area contributed by atoms with E-state index in [2.05, 4.69) is 6.07 Å². The van der Waals surface area contributed by atoms with Crippen molar-refractivity contribution in [1.82, 2.24) is 0 Å². The Bertz CT molecular complexity index is 506. The number of hydrogen-bond donors (Lipinski definition) is 1. The zero-order valence-corrected chi connectivity index (χ0v) is 9.96. The maximum atomic E-state index is 11.7. The minimum atomic E-state index is 0.0612. The molecule has 0 saturated carbocycles. The third kappa shape index (κ3) is 1.94. The van der Waals surface area contributed by atoms with Crippen molar-refractivity contribution >= 4 is 33.0 Å². The van der Waals surface area contributed by atoms with Crippen molar-refractivity contribution in [2.75, 3.05) is 18.5 Å². The molecule has 2 N–H and O–H groups in total. The fourth-order valence-corrected chi connectivity index (χ4v) is 2.63. The number of carbonyl (C=O) groups is 1. The predicted octanol–water partition coefficient (Wildman–Crippen LogP) is 2.21. The summed E-state index contributed by atoms with van der Waals surface area (Å²) in [6.45, 7) is 0.394. The molecule has 1 amide bonds. The number of nitrogens with zero attached hydrogens (tertiary/aromatic N) is 1. The second kappa shape index (κ2) is 4.63.